The van der Waals surface area contributed by atoms with Crippen LogP contribution >= 0.6 is 11.3 Å². The van der Waals surface area contributed by atoms with Crippen LogP contribution in [0.15, 0.2) is 29.7 Å². The summed E-state index contributed by atoms with van der Waals surface area (Å²) in [4.78, 5) is 35.2. The van der Waals surface area contributed by atoms with Crippen molar-refractivity contribution in [2.75, 3.05) is 13.2 Å². The topological polar surface area (TPSA) is 95.7 Å². The van der Waals surface area contributed by atoms with Crippen molar-refractivity contribution in [1.82, 2.24) is 0 Å². The lowest BCUT2D eigenvalue weighted by atomic mass is 9.71. The summed E-state index contributed by atoms with van der Waals surface area (Å²) in [5.41, 5.74) is -3.20. The number of carbonyl (C=O) groups is 2. The van der Waals surface area contributed by atoms with E-state index in [4.69, 9.17) is 9.47 Å². The molecule has 2 heterocycles. The van der Waals surface area contributed by atoms with E-state index in [1.165, 1.54) is 30.4 Å². The van der Waals surface area contributed by atoms with E-state index < -0.39 is 34.4 Å². The molecule has 0 saturated heterocycles. The van der Waals surface area contributed by atoms with Crippen LogP contribution in [0.4, 0.5) is 0 Å². The Morgan fingerprint density at radius 3 is 2.77 bits per heavy atom. The maximum absolute atomic E-state index is 12.7. The highest BCUT2D eigenvalue weighted by Crippen LogP contribution is 2.44. The first-order valence-corrected chi connectivity index (χ1v) is 7.49. The largest absolute Gasteiger partial charge is 0.465 e. The van der Waals surface area contributed by atoms with Gasteiger partial charge in [0.25, 0.3) is 0 Å². The Morgan fingerprint density at radius 2 is 2.32 bits per heavy atom. The molecule has 0 aliphatic carbocycles. The number of nitro groups is 1. The molecule has 0 N–H and O–H groups in total. The van der Waals surface area contributed by atoms with Gasteiger partial charge < -0.3 is 9.47 Å². The second-order valence-electron chi connectivity index (χ2n) is 4.96. The summed E-state index contributed by atoms with van der Waals surface area (Å²) < 4.78 is 10.3. The fraction of sp³-hybridized carbons (Fsp3) is 0.429. The standard InChI is InChI=1S/C14H15NO6S/c1-3-20-12(17)14(9-15(18)19,10-5-4-8-22-10)13(2)7-6-11(16)21-13/h4-8H,3,9H2,1-2H3/t13-,14-/m1/s1. The molecule has 118 valence electrons. The van der Waals surface area contributed by atoms with Crippen molar-refractivity contribution >= 4 is 23.3 Å². The van der Waals surface area contributed by atoms with Crippen LogP contribution in [0.1, 0.15) is 18.7 Å². The summed E-state index contributed by atoms with van der Waals surface area (Å²) in [7, 11) is 0. The van der Waals surface area contributed by atoms with Gasteiger partial charge in [-0.25, -0.2) is 4.79 Å². The van der Waals surface area contributed by atoms with Crippen LogP contribution in [0.5, 0.6) is 0 Å². The molecule has 2 atom stereocenters. The van der Waals surface area contributed by atoms with E-state index in [0.29, 0.717) is 4.88 Å². The lowest BCUT2D eigenvalue weighted by molar-refractivity contribution is -0.492. The number of esters is 2. The zero-order valence-electron chi connectivity index (χ0n) is 12.1. The highest BCUT2D eigenvalue weighted by atomic mass is 32.1. The van der Waals surface area contributed by atoms with Crippen molar-refractivity contribution in [2.45, 2.75) is 24.9 Å². The molecule has 1 aliphatic heterocycles. The first-order valence-electron chi connectivity index (χ1n) is 6.61. The Morgan fingerprint density at radius 1 is 1.59 bits per heavy atom. The zero-order chi connectivity index (χ0) is 16.4. The van der Waals surface area contributed by atoms with E-state index in [0.717, 1.165) is 0 Å². The minimum Gasteiger partial charge on any atom is -0.465 e. The van der Waals surface area contributed by atoms with Crippen LogP contribution < -0.4 is 0 Å². The maximum atomic E-state index is 12.7. The minimum absolute atomic E-state index is 0.0669. The van der Waals surface area contributed by atoms with Gasteiger partial charge in [0, 0.05) is 15.9 Å². The van der Waals surface area contributed by atoms with Crippen molar-refractivity contribution in [3.8, 4) is 0 Å². The zero-order valence-corrected chi connectivity index (χ0v) is 12.9. The maximum Gasteiger partial charge on any atom is 0.331 e. The third-order valence-electron chi connectivity index (χ3n) is 3.63. The molecule has 8 heteroatoms. The Kier molecular flexibility index (Phi) is 4.32. The monoisotopic (exact) mass is 325 g/mol. The number of hydrogen-bond donors (Lipinski definition) is 0. The Balaban J connectivity index is 2.64. The number of ether oxygens (including phenoxy) is 2. The van der Waals surface area contributed by atoms with Gasteiger partial charge in [-0.15, -0.1) is 11.3 Å². The molecule has 0 fully saturated rings. The van der Waals surface area contributed by atoms with Crippen LogP contribution in [-0.2, 0) is 24.5 Å². The average Bonchev–Trinajstić information content (AvgIpc) is 3.07. The van der Waals surface area contributed by atoms with Crippen molar-refractivity contribution in [3.05, 3.63) is 44.7 Å². The molecule has 1 aromatic rings. The highest BCUT2D eigenvalue weighted by Gasteiger charge is 2.63. The number of cyclic esters (lactones) is 1. The van der Waals surface area contributed by atoms with Crippen molar-refractivity contribution < 1.29 is 24.0 Å². The van der Waals surface area contributed by atoms with Gasteiger partial charge in [-0.3, -0.25) is 14.9 Å². The Hall–Kier alpha value is -2.22. The van der Waals surface area contributed by atoms with E-state index >= 15 is 0 Å². The van der Waals surface area contributed by atoms with Crippen LogP contribution in [0.2, 0.25) is 0 Å². The normalized spacial score (nSPS) is 22.9. The number of hydrogen-bond acceptors (Lipinski definition) is 7. The summed E-state index contributed by atoms with van der Waals surface area (Å²) in [6, 6.07) is 3.29. The molecular formula is C14H15NO6S. The first kappa shape index (κ1) is 16.2. The van der Waals surface area contributed by atoms with Gasteiger partial charge in [0.05, 0.1) is 6.61 Å². The van der Waals surface area contributed by atoms with Gasteiger partial charge in [-0.05, 0) is 31.4 Å². The first-order chi connectivity index (χ1) is 10.4. The molecule has 1 aromatic heterocycles. The van der Waals surface area contributed by atoms with Crippen LogP contribution in [-0.4, -0.2) is 35.6 Å². The average molecular weight is 325 g/mol. The third kappa shape index (κ3) is 2.50. The molecule has 1 aliphatic rings. The van der Waals surface area contributed by atoms with Gasteiger partial charge in [-0.2, -0.15) is 0 Å². The van der Waals surface area contributed by atoms with Gasteiger partial charge in [0.1, 0.15) is 0 Å². The van der Waals surface area contributed by atoms with Crippen molar-refractivity contribution in [3.63, 3.8) is 0 Å². The van der Waals surface area contributed by atoms with Crippen LogP contribution in [0, 0.1) is 10.1 Å². The SMILES string of the molecule is CCOC(=O)[C@@](C[N+](=O)[O-])(c1cccs1)[C@@]1(C)C=CC(=O)O1. The fourth-order valence-corrected chi connectivity index (χ4v) is 3.56. The summed E-state index contributed by atoms with van der Waals surface area (Å²) in [6.45, 7) is 2.43. The second kappa shape index (κ2) is 5.88. The molecule has 22 heavy (non-hydrogen) atoms. The van der Waals surface area contributed by atoms with Crippen LogP contribution in [0.25, 0.3) is 0 Å². The Bertz CT molecular complexity index is 625. The summed E-state index contributed by atoms with van der Waals surface area (Å²) in [5, 5.41) is 12.9. The summed E-state index contributed by atoms with van der Waals surface area (Å²) in [6.07, 6.45) is 2.55. The molecule has 2 rings (SSSR count). The predicted octanol–water partition coefficient (Wildman–Crippen LogP) is 1.70. The number of rotatable bonds is 6. The lowest BCUT2D eigenvalue weighted by Crippen LogP contribution is -2.58. The van der Waals surface area contributed by atoms with E-state index in [1.807, 2.05) is 0 Å². The minimum atomic E-state index is -1.72. The molecule has 0 radical (unpaired) electrons. The molecule has 0 unspecified atom stereocenters. The molecule has 0 spiro atoms. The van der Waals surface area contributed by atoms with Gasteiger partial charge >= 0.3 is 11.9 Å². The number of carbonyl (C=O) groups excluding carboxylic acids is 2. The Labute approximate surface area is 130 Å². The number of thiophene rings is 1. The predicted molar refractivity (Wildman–Crippen MR) is 78.1 cm³/mol. The molecule has 0 amide bonds. The van der Waals surface area contributed by atoms with E-state index in [-0.39, 0.29) is 6.61 Å². The second-order valence-corrected chi connectivity index (χ2v) is 5.90. The summed E-state index contributed by atoms with van der Waals surface area (Å²) in [5.74, 6) is -1.42. The van der Waals surface area contributed by atoms with E-state index in [1.54, 1.807) is 24.4 Å². The number of nitrogens with zero attached hydrogens (tertiary/aromatic N) is 1. The molecule has 0 saturated carbocycles. The fourth-order valence-electron chi connectivity index (χ4n) is 2.55. The van der Waals surface area contributed by atoms with Gasteiger partial charge in [0.2, 0.25) is 12.0 Å². The van der Waals surface area contributed by atoms with E-state index in [9.17, 15) is 19.7 Å². The smallest absolute Gasteiger partial charge is 0.331 e. The van der Waals surface area contributed by atoms with Gasteiger partial charge in [0.15, 0.2) is 5.60 Å². The third-order valence-corrected chi connectivity index (χ3v) is 4.66. The quantitative estimate of drug-likeness (QED) is 0.449. The van der Waals surface area contributed by atoms with Gasteiger partial charge in [-0.1, -0.05) is 6.07 Å². The van der Waals surface area contributed by atoms with E-state index in [2.05, 4.69) is 0 Å². The van der Waals surface area contributed by atoms with Crippen LogP contribution in [0.3, 0.4) is 0 Å². The summed E-state index contributed by atoms with van der Waals surface area (Å²) >= 11 is 1.18. The molecule has 0 bridgehead atoms. The lowest BCUT2D eigenvalue weighted by Gasteiger charge is -2.38. The molecule has 0 aromatic carbocycles. The molecule has 7 nitrogen and oxygen atoms in total. The highest BCUT2D eigenvalue weighted by molar-refractivity contribution is 7.10. The van der Waals surface area contributed by atoms with Crippen molar-refractivity contribution in [2.24, 2.45) is 0 Å². The molecular weight excluding hydrogens is 310 g/mol. The van der Waals surface area contributed by atoms with Crippen molar-refractivity contribution in [1.29, 1.82) is 0 Å².